The monoisotopic (exact) mass is 392 g/mol. The molecule has 6 heteroatoms. The molecule has 0 fully saturated rings. The summed E-state index contributed by atoms with van der Waals surface area (Å²) >= 11 is 0. The van der Waals surface area contributed by atoms with Crippen LogP contribution in [0.1, 0.15) is 31.8 Å². The molecule has 0 aromatic heterocycles. The Labute approximate surface area is 168 Å². The van der Waals surface area contributed by atoms with Crippen molar-refractivity contribution in [1.82, 2.24) is 0 Å². The SMILES string of the molecule is COc1ccc(NC(=O)c2cccc(C)c2C)cc1NC(=O)c1cccc(F)c1. The minimum Gasteiger partial charge on any atom is -0.495 e. The van der Waals surface area contributed by atoms with Crippen LogP contribution >= 0.6 is 0 Å². The molecule has 0 saturated heterocycles. The van der Waals surface area contributed by atoms with Crippen LogP contribution in [0.25, 0.3) is 0 Å². The lowest BCUT2D eigenvalue weighted by molar-refractivity contribution is 0.101. The van der Waals surface area contributed by atoms with E-state index in [1.165, 1.54) is 25.3 Å². The largest absolute Gasteiger partial charge is 0.495 e. The molecule has 2 amide bonds. The number of benzene rings is 3. The summed E-state index contributed by atoms with van der Waals surface area (Å²) in [7, 11) is 1.47. The highest BCUT2D eigenvalue weighted by molar-refractivity contribution is 6.07. The quantitative estimate of drug-likeness (QED) is 0.645. The molecule has 0 atom stereocenters. The van der Waals surface area contributed by atoms with Gasteiger partial charge in [0.2, 0.25) is 0 Å². The highest BCUT2D eigenvalue weighted by Crippen LogP contribution is 2.29. The molecule has 0 saturated carbocycles. The number of ether oxygens (including phenoxy) is 1. The Hall–Kier alpha value is -3.67. The zero-order valence-electron chi connectivity index (χ0n) is 16.4. The summed E-state index contributed by atoms with van der Waals surface area (Å²) in [5.41, 5.74) is 3.53. The molecule has 0 aliphatic rings. The molecule has 5 nitrogen and oxygen atoms in total. The molecule has 3 aromatic rings. The number of aryl methyl sites for hydroxylation is 1. The van der Waals surface area contributed by atoms with Crippen molar-refractivity contribution in [2.45, 2.75) is 13.8 Å². The molecule has 148 valence electrons. The summed E-state index contributed by atoms with van der Waals surface area (Å²) < 4.78 is 18.7. The van der Waals surface area contributed by atoms with E-state index in [-0.39, 0.29) is 11.5 Å². The standard InChI is InChI=1S/C23H21FN2O3/c1-14-6-4-9-19(15(14)2)23(28)25-18-10-11-21(29-3)20(13-18)26-22(27)16-7-5-8-17(24)12-16/h4-13H,1-3H3,(H,25,28)(H,26,27). The van der Waals surface area contributed by atoms with E-state index < -0.39 is 11.7 Å². The van der Waals surface area contributed by atoms with Crippen LogP contribution in [0, 0.1) is 19.7 Å². The zero-order chi connectivity index (χ0) is 21.0. The molecule has 2 N–H and O–H groups in total. The number of amides is 2. The first kappa shape index (κ1) is 20.1. The minimum atomic E-state index is -0.501. The van der Waals surface area contributed by atoms with Crippen molar-refractivity contribution < 1.29 is 18.7 Å². The maximum Gasteiger partial charge on any atom is 0.255 e. The molecule has 3 rings (SSSR count). The molecular weight excluding hydrogens is 371 g/mol. The number of rotatable bonds is 5. The topological polar surface area (TPSA) is 67.4 Å². The van der Waals surface area contributed by atoms with Crippen molar-refractivity contribution in [2.75, 3.05) is 17.7 Å². The summed E-state index contributed by atoms with van der Waals surface area (Å²) in [6.45, 7) is 3.84. The second-order valence-electron chi connectivity index (χ2n) is 6.58. The third-order valence-electron chi connectivity index (χ3n) is 4.64. The average molecular weight is 392 g/mol. The maximum atomic E-state index is 13.4. The molecule has 0 bridgehead atoms. The Morgan fingerprint density at radius 2 is 1.66 bits per heavy atom. The third-order valence-corrected chi connectivity index (χ3v) is 4.64. The number of halogens is 1. The van der Waals surface area contributed by atoms with Crippen LogP contribution in [-0.2, 0) is 0 Å². The Balaban J connectivity index is 1.84. The molecule has 29 heavy (non-hydrogen) atoms. The molecule has 0 spiro atoms. The van der Waals surface area contributed by atoms with Gasteiger partial charge in [0.25, 0.3) is 11.8 Å². The van der Waals surface area contributed by atoms with Gasteiger partial charge in [-0.05, 0) is 67.4 Å². The Bertz CT molecular complexity index is 1080. The fourth-order valence-corrected chi connectivity index (χ4v) is 2.90. The third kappa shape index (κ3) is 4.60. The van der Waals surface area contributed by atoms with E-state index in [1.807, 2.05) is 26.0 Å². The fraction of sp³-hybridized carbons (Fsp3) is 0.130. The minimum absolute atomic E-state index is 0.178. The van der Waals surface area contributed by atoms with E-state index in [2.05, 4.69) is 10.6 Å². The second kappa shape index (κ2) is 8.56. The van der Waals surface area contributed by atoms with Crippen molar-refractivity contribution in [1.29, 1.82) is 0 Å². The number of hydrogen-bond donors (Lipinski definition) is 2. The van der Waals surface area contributed by atoms with E-state index in [1.54, 1.807) is 24.3 Å². The first-order valence-electron chi connectivity index (χ1n) is 9.01. The number of anilines is 2. The summed E-state index contributed by atoms with van der Waals surface area (Å²) in [6.07, 6.45) is 0. The van der Waals surface area contributed by atoms with Crippen LogP contribution in [0.2, 0.25) is 0 Å². The van der Waals surface area contributed by atoms with Crippen molar-refractivity contribution in [3.05, 3.63) is 88.7 Å². The van der Waals surface area contributed by atoms with Gasteiger partial charge >= 0.3 is 0 Å². The summed E-state index contributed by atoms with van der Waals surface area (Å²) in [5.74, 6) is -0.821. The van der Waals surface area contributed by atoms with Crippen molar-refractivity contribution in [3.8, 4) is 5.75 Å². The van der Waals surface area contributed by atoms with Gasteiger partial charge in [-0.25, -0.2) is 4.39 Å². The highest BCUT2D eigenvalue weighted by atomic mass is 19.1. The number of carbonyl (C=O) groups is 2. The molecule has 0 aliphatic heterocycles. The molecule has 0 unspecified atom stereocenters. The Morgan fingerprint density at radius 3 is 2.38 bits per heavy atom. The van der Waals surface area contributed by atoms with Crippen LogP contribution in [0.4, 0.5) is 15.8 Å². The number of hydrogen-bond acceptors (Lipinski definition) is 3. The maximum absolute atomic E-state index is 13.4. The Morgan fingerprint density at radius 1 is 0.897 bits per heavy atom. The van der Waals surface area contributed by atoms with Gasteiger partial charge in [-0.1, -0.05) is 18.2 Å². The summed E-state index contributed by atoms with van der Waals surface area (Å²) in [5, 5.41) is 5.53. The zero-order valence-corrected chi connectivity index (χ0v) is 16.4. The van der Waals surface area contributed by atoms with Crippen molar-refractivity contribution >= 4 is 23.2 Å². The first-order valence-corrected chi connectivity index (χ1v) is 9.01. The Kier molecular flexibility index (Phi) is 5.93. The number of carbonyl (C=O) groups excluding carboxylic acids is 2. The van der Waals surface area contributed by atoms with Gasteiger partial charge in [0, 0.05) is 16.8 Å². The fourth-order valence-electron chi connectivity index (χ4n) is 2.90. The van der Waals surface area contributed by atoms with E-state index in [0.29, 0.717) is 22.7 Å². The first-order chi connectivity index (χ1) is 13.9. The lowest BCUT2D eigenvalue weighted by Gasteiger charge is -2.14. The van der Waals surface area contributed by atoms with Gasteiger partial charge < -0.3 is 15.4 Å². The average Bonchev–Trinajstić information content (AvgIpc) is 2.70. The van der Waals surface area contributed by atoms with Crippen LogP contribution in [0.5, 0.6) is 5.75 Å². The number of nitrogens with one attached hydrogen (secondary N) is 2. The molecule has 0 heterocycles. The van der Waals surface area contributed by atoms with E-state index in [0.717, 1.165) is 17.2 Å². The normalized spacial score (nSPS) is 10.3. The summed E-state index contributed by atoms with van der Waals surface area (Å²) in [6, 6.07) is 15.8. The number of methoxy groups -OCH3 is 1. The van der Waals surface area contributed by atoms with Crippen LogP contribution in [0.3, 0.4) is 0 Å². The van der Waals surface area contributed by atoms with E-state index >= 15 is 0 Å². The molecule has 0 radical (unpaired) electrons. The van der Waals surface area contributed by atoms with Crippen LogP contribution in [-0.4, -0.2) is 18.9 Å². The lowest BCUT2D eigenvalue weighted by atomic mass is 10.0. The molecule has 3 aromatic carbocycles. The van der Waals surface area contributed by atoms with Gasteiger partial charge in [-0.3, -0.25) is 9.59 Å². The highest BCUT2D eigenvalue weighted by Gasteiger charge is 2.14. The van der Waals surface area contributed by atoms with E-state index in [9.17, 15) is 14.0 Å². The van der Waals surface area contributed by atoms with E-state index in [4.69, 9.17) is 4.74 Å². The van der Waals surface area contributed by atoms with Crippen LogP contribution in [0.15, 0.2) is 60.7 Å². The van der Waals surface area contributed by atoms with Gasteiger partial charge in [-0.15, -0.1) is 0 Å². The summed E-state index contributed by atoms with van der Waals surface area (Å²) in [4.78, 5) is 25.1. The predicted octanol–water partition coefficient (Wildman–Crippen LogP) is 4.96. The van der Waals surface area contributed by atoms with Gasteiger partial charge in [-0.2, -0.15) is 0 Å². The smallest absolute Gasteiger partial charge is 0.255 e. The van der Waals surface area contributed by atoms with Gasteiger partial charge in [0.15, 0.2) is 0 Å². The van der Waals surface area contributed by atoms with Crippen LogP contribution < -0.4 is 15.4 Å². The van der Waals surface area contributed by atoms with Crippen molar-refractivity contribution in [2.24, 2.45) is 0 Å². The lowest BCUT2D eigenvalue weighted by Crippen LogP contribution is -2.15. The van der Waals surface area contributed by atoms with Crippen molar-refractivity contribution in [3.63, 3.8) is 0 Å². The molecule has 0 aliphatic carbocycles. The van der Waals surface area contributed by atoms with Gasteiger partial charge in [0.1, 0.15) is 11.6 Å². The van der Waals surface area contributed by atoms with Gasteiger partial charge in [0.05, 0.1) is 12.8 Å². The second-order valence-corrected chi connectivity index (χ2v) is 6.58. The molecular formula is C23H21FN2O3. The predicted molar refractivity (Wildman–Crippen MR) is 111 cm³/mol.